The molecule has 0 aromatic heterocycles. The molecular weight excluding hydrogens is 272 g/mol. The van der Waals surface area contributed by atoms with Crippen molar-refractivity contribution in [2.24, 2.45) is 5.92 Å². The Balaban J connectivity index is 2.54. The Labute approximate surface area is 123 Å². The third-order valence-corrected chi connectivity index (χ3v) is 3.03. The number of aliphatic carboxylic acids is 1. The predicted octanol–water partition coefficient (Wildman–Crippen LogP) is 2.45. The highest BCUT2D eigenvalue weighted by atomic mass is 16.4. The molecule has 0 aliphatic carbocycles. The molecule has 0 radical (unpaired) electrons. The molecule has 0 bridgehead atoms. The van der Waals surface area contributed by atoms with Crippen molar-refractivity contribution in [1.29, 1.82) is 0 Å². The molecule has 0 saturated carbocycles. The lowest BCUT2D eigenvalue weighted by atomic mass is 10.0. The highest BCUT2D eigenvalue weighted by Gasteiger charge is 2.15. The molecule has 3 N–H and O–H groups in total. The number of carboxylic acid groups (broad SMARTS) is 1. The average Bonchev–Trinajstić information content (AvgIpc) is 2.32. The quantitative estimate of drug-likeness (QED) is 0.776. The van der Waals surface area contributed by atoms with Gasteiger partial charge < -0.3 is 10.4 Å². The normalized spacial score (nSPS) is 11.6. The van der Waals surface area contributed by atoms with E-state index in [1.807, 2.05) is 32.0 Å². The van der Waals surface area contributed by atoms with Crippen molar-refractivity contribution in [2.75, 3.05) is 5.32 Å². The van der Waals surface area contributed by atoms with Crippen LogP contribution >= 0.6 is 0 Å². The Morgan fingerprint density at radius 1 is 1.14 bits per heavy atom. The van der Waals surface area contributed by atoms with Crippen molar-refractivity contribution in [3.8, 4) is 0 Å². The second-order valence-corrected chi connectivity index (χ2v) is 5.18. The summed E-state index contributed by atoms with van der Waals surface area (Å²) >= 11 is 0. The van der Waals surface area contributed by atoms with Gasteiger partial charge in [0.15, 0.2) is 0 Å². The highest BCUT2D eigenvalue weighted by Crippen LogP contribution is 2.19. The fourth-order valence-corrected chi connectivity index (χ4v) is 2.02. The summed E-state index contributed by atoms with van der Waals surface area (Å²) in [6.45, 7) is 5.37. The van der Waals surface area contributed by atoms with Crippen LogP contribution in [0.3, 0.4) is 0 Å². The molecule has 1 atom stereocenters. The minimum Gasteiger partial charge on any atom is -0.481 e. The van der Waals surface area contributed by atoms with Gasteiger partial charge in [0.25, 0.3) is 0 Å². The minimum absolute atomic E-state index is 0.00747. The molecule has 0 spiro atoms. The Bertz CT molecular complexity index is 534. The van der Waals surface area contributed by atoms with Gasteiger partial charge in [-0.15, -0.1) is 0 Å². The number of amides is 3. The topological polar surface area (TPSA) is 95.5 Å². The van der Waals surface area contributed by atoms with E-state index < -0.39 is 17.9 Å². The molecule has 0 heterocycles. The number of rotatable bonds is 5. The van der Waals surface area contributed by atoms with Gasteiger partial charge in [0, 0.05) is 18.5 Å². The van der Waals surface area contributed by atoms with Gasteiger partial charge in [-0.25, -0.2) is 4.79 Å². The van der Waals surface area contributed by atoms with E-state index in [0.717, 1.165) is 11.1 Å². The first-order valence-corrected chi connectivity index (χ1v) is 6.68. The lowest BCUT2D eigenvalue weighted by Gasteiger charge is -2.13. The largest absolute Gasteiger partial charge is 0.481 e. The standard InChI is InChI=1S/C15H20N2O4/c1-9(8-13(19)20)7-12(18)16-15(21)17-14-10(2)5-4-6-11(14)3/h4-6,9H,7-8H2,1-3H3,(H,19,20)(H2,16,17,18,21). The summed E-state index contributed by atoms with van der Waals surface area (Å²) in [5, 5.41) is 13.5. The van der Waals surface area contributed by atoms with Crippen LogP contribution < -0.4 is 10.6 Å². The zero-order valence-electron chi connectivity index (χ0n) is 12.4. The smallest absolute Gasteiger partial charge is 0.325 e. The predicted molar refractivity (Wildman–Crippen MR) is 79.1 cm³/mol. The summed E-state index contributed by atoms with van der Waals surface area (Å²) in [5.41, 5.74) is 2.47. The molecule has 1 rings (SSSR count). The van der Waals surface area contributed by atoms with Crippen molar-refractivity contribution in [3.05, 3.63) is 29.3 Å². The van der Waals surface area contributed by atoms with Crippen LogP contribution in [0.25, 0.3) is 0 Å². The molecule has 1 aromatic carbocycles. The molecule has 3 amide bonds. The number of hydrogen-bond acceptors (Lipinski definition) is 3. The number of carbonyl (C=O) groups excluding carboxylic acids is 2. The van der Waals surface area contributed by atoms with E-state index in [1.165, 1.54) is 0 Å². The van der Waals surface area contributed by atoms with Crippen molar-refractivity contribution in [2.45, 2.75) is 33.6 Å². The number of para-hydroxylation sites is 1. The van der Waals surface area contributed by atoms with Gasteiger partial charge in [-0.3, -0.25) is 14.9 Å². The Hall–Kier alpha value is -2.37. The van der Waals surface area contributed by atoms with Crippen LogP contribution in [-0.4, -0.2) is 23.0 Å². The van der Waals surface area contributed by atoms with Gasteiger partial charge in [0.05, 0.1) is 0 Å². The van der Waals surface area contributed by atoms with Crippen LogP contribution in [0.5, 0.6) is 0 Å². The number of nitrogens with one attached hydrogen (secondary N) is 2. The van der Waals surface area contributed by atoms with Gasteiger partial charge in [-0.2, -0.15) is 0 Å². The molecule has 1 unspecified atom stereocenters. The zero-order valence-corrected chi connectivity index (χ0v) is 12.4. The Kier molecular flexibility index (Phi) is 5.90. The zero-order chi connectivity index (χ0) is 16.0. The summed E-state index contributed by atoms with van der Waals surface area (Å²) in [6, 6.07) is 4.99. The van der Waals surface area contributed by atoms with Crippen LogP contribution in [0.15, 0.2) is 18.2 Å². The van der Waals surface area contributed by atoms with E-state index >= 15 is 0 Å². The molecular formula is C15H20N2O4. The van der Waals surface area contributed by atoms with Gasteiger partial charge in [-0.05, 0) is 30.9 Å². The molecule has 6 heteroatoms. The van der Waals surface area contributed by atoms with Gasteiger partial charge in [0.2, 0.25) is 5.91 Å². The molecule has 114 valence electrons. The number of anilines is 1. The third-order valence-electron chi connectivity index (χ3n) is 3.03. The molecule has 0 saturated heterocycles. The fraction of sp³-hybridized carbons (Fsp3) is 0.400. The average molecular weight is 292 g/mol. The minimum atomic E-state index is -0.963. The first-order chi connectivity index (χ1) is 9.79. The highest BCUT2D eigenvalue weighted by molar-refractivity contribution is 6.01. The summed E-state index contributed by atoms with van der Waals surface area (Å²) in [6.07, 6.45) is -0.113. The fourth-order valence-electron chi connectivity index (χ4n) is 2.02. The lowest BCUT2D eigenvalue weighted by molar-refractivity contribution is -0.138. The molecule has 1 aromatic rings. The maximum atomic E-state index is 11.8. The molecule has 6 nitrogen and oxygen atoms in total. The second kappa shape index (κ2) is 7.42. The van der Waals surface area contributed by atoms with Crippen LogP contribution in [0.4, 0.5) is 10.5 Å². The summed E-state index contributed by atoms with van der Waals surface area (Å²) in [7, 11) is 0. The van der Waals surface area contributed by atoms with Crippen molar-refractivity contribution in [1.82, 2.24) is 5.32 Å². The van der Waals surface area contributed by atoms with Crippen molar-refractivity contribution < 1.29 is 19.5 Å². The van der Waals surface area contributed by atoms with E-state index in [4.69, 9.17) is 5.11 Å². The maximum Gasteiger partial charge on any atom is 0.325 e. The number of hydrogen-bond donors (Lipinski definition) is 3. The van der Waals surface area contributed by atoms with Gasteiger partial charge in [0.1, 0.15) is 0 Å². The third kappa shape index (κ3) is 5.64. The Morgan fingerprint density at radius 3 is 2.24 bits per heavy atom. The Morgan fingerprint density at radius 2 is 1.71 bits per heavy atom. The molecule has 0 aliphatic heterocycles. The first kappa shape index (κ1) is 16.7. The van der Waals surface area contributed by atoms with E-state index in [9.17, 15) is 14.4 Å². The van der Waals surface area contributed by atoms with Crippen molar-refractivity contribution >= 4 is 23.6 Å². The van der Waals surface area contributed by atoms with Crippen molar-refractivity contribution in [3.63, 3.8) is 0 Å². The number of imide groups is 1. The molecule has 0 fully saturated rings. The number of carbonyl (C=O) groups is 3. The van der Waals surface area contributed by atoms with Gasteiger partial charge >= 0.3 is 12.0 Å². The maximum absolute atomic E-state index is 11.8. The molecule has 21 heavy (non-hydrogen) atoms. The van der Waals surface area contributed by atoms with Crippen LogP contribution in [0, 0.1) is 19.8 Å². The van der Waals surface area contributed by atoms with E-state index in [1.54, 1.807) is 6.92 Å². The summed E-state index contributed by atoms with van der Waals surface area (Å²) in [5.74, 6) is -1.78. The van der Waals surface area contributed by atoms with Crippen LogP contribution in [0.1, 0.15) is 30.9 Å². The number of urea groups is 1. The number of aryl methyl sites for hydroxylation is 2. The number of benzene rings is 1. The van der Waals surface area contributed by atoms with E-state index in [2.05, 4.69) is 10.6 Å². The lowest BCUT2D eigenvalue weighted by Crippen LogP contribution is -2.35. The van der Waals surface area contributed by atoms with E-state index in [-0.39, 0.29) is 18.8 Å². The SMILES string of the molecule is Cc1cccc(C)c1NC(=O)NC(=O)CC(C)CC(=O)O. The molecule has 0 aliphatic rings. The summed E-state index contributed by atoms with van der Waals surface area (Å²) < 4.78 is 0. The first-order valence-electron chi connectivity index (χ1n) is 6.68. The van der Waals surface area contributed by atoms with E-state index in [0.29, 0.717) is 5.69 Å². The van der Waals surface area contributed by atoms with Crippen LogP contribution in [-0.2, 0) is 9.59 Å². The number of carboxylic acids is 1. The second-order valence-electron chi connectivity index (χ2n) is 5.18. The monoisotopic (exact) mass is 292 g/mol. The van der Waals surface area contributed by atoms with Gasteiger partial charge in [-0.1, -0.05) is 25.1 Å². The summed E-state index contributed by atoms with van der Waals surface area (Å²) in [4.78, 5) is 33.9. The van der Waals surface area contributed by atoms with Crippen LogP contribution in [0.2, 0.25) is 0 Å².